The lowest BCUT2D eigenvalue weighted by molar-refractivity contribution is 0.103. The molecule has 0 bridgehead atoms. The molecule has 1 aliphatic rings. The molecule has 6 nitrogen and oxygen atoms in total. The van der Waals surface area contributed by atoms with E-state index in [2.05, 4.69) is 23.6 Å². The quantitative estimate of drug-likeness (QED) is 0.344. The molecule has 0 aliphatic heterocycles. The van der Waals surface area contributed by atoms with Gasteiger partial charge in [0.1, 0.15) is 22.3 Å². The highest BCUT2D eigenvalue weighted by Crippen LogP contribution is 2.28. The number of nitrogens with two attached hydrogens (primary N) is 2. The number of nitrogens with one attached hydrogen (secondary N) is 1. The van der Waals surface area contributed by atoms with Crippen molar-refractivity contribution in [2.75, 3.05) is 31.3 Å². The van der Waals surface area contributed by atoms with Crippen molar-refractivity contribution in [1.29, 1.82) is 0 Å². The summed E-state index contributed by atoms with van der Waals surface area (Å²) >= 11 is 2.72. The van der Waals surface area contributed by atoms with Gasteiger partial charge >= 0.3 is 0 Å². The Bertz CT molecular complexity index is 914. The van der Waals surface area contributed by atoms with Crippen LogP contribution < -0.4 is 16.2 Å². The SMILES string of the molecule is CC(C)CSNC1CCCCC1.CN(C)Cc1ccc(F)c(C(=O)c2sc(N)nc2N)c1F. The number of carbonyl (C=O) groups excluding carboxylic acids is 1. The van der Waals surface area contributed by atoms with Crippen molar-refractivity contribution in [3.63, 3.8) is 0 Å². The number of nitrogen functional groups attached to an aromatic ring is 2. The molecule has 1 fully saturated rings. The predicted octanol–water partition coefficient (Wildman–Crippen LogP) is 5.09. The van der Waals surface area contributed by atoms with Crippen LogP contribution in [0.5, 0.6) is 0 Å². The first-order chi connectivity index (χ1) is 15.6. The van der Waals surface area contributed by atoms with Gasteiger partial charge in [0.15, 0.2) is 5.13 Å². The molecule has 0 radical (unpaired) electrons. The summed E-state index contributed by atoms with van der Waals surface area (Å²) in [5.41, 5.74) is 10.6. The minimum Gasteiger partial charge on any atom is -0.382 e. The molecule has 10 heteroatoms. The maximum absolute atomic E-state index is 14.4. The monoisotopic (exact) mass is 499 g/mol. The summed E-state index contributed by atoms with van der Waals surface area (Å²) in [6, 6.07) is 3.18. The summed E-state index contributed by atoms with van der Waals surface area (Å²) in [6.07, 6.45) is 7.10. The van der Waals surface area contributed by atoms with Crippen molar-refractivity contribution >= 4 is 40.0 Å². The van der Waals surface area contributed by atoms with Crippen LogP contribution in [-0.4, -0.2) is 41.6 Å². The molecule has 0 unspecified atom stereocenters. The van der Waals surface area contributed by atoms with Gasteiger partial charge in [-0.2, -0.15) is 0 Å². The molecule has 5 N–H and O–H groups in total. The third kappa shape index (κ3) is 8.51. The molecule has 0 atom stereocenters. The summed E-state index contributed by atoms with van der Waals surface area (Å²) in [4.78, 5) is 17.6. The summed E-state index contributed by atoms with van der Waals surface area (Å²) in [7, 11) is 3.48. The van der Waals surface area contributed by atoms with Gasteiger partial charge in [0, 0.05) is 23.9 Å². The fraction of sp³-hybridized carbons (Fsp3) is 0.565. The third-order valence-corrected chi connectivity index (χ3v) is 7.27. The van der Waals surface area contributed by atoms with Crippen LogP contribution in [0.1, 0.15) is 66.8 Å². The number of nitrogens with zero attached hydrogens (tertiary/aromatic N) is 2. The number of thiazole rings is 1. The van der Waals surface area contributed by atoms with E-state index in [1.807, 2.05) is 11.9 Å². The zero-order valence-corrected chi connectivity index (χ0v) is 21.4. The summed E-state index contributed by atoms with van der Waals surface area (Å²) in [5, 5.41) is 0.0705. The topological polar surface area (TPSA) is 97.3 Å². The summed E-state index contributed by atoms with van der Waals surface area (Å²) < 4.78 is 31.8. The number of halogens is 2. The Balaban J connectivity index is 0.000000273. The molecule has 0 spiro atoms. The van der Waals surface area contributed by atoms with E-state index in [4.69, 9.17) is 11.5 Å². The van der Waals surface area contributed by atoms with Gasteiger partial charge in [-0.1, -0.05) is 62.5 Å². The Hall–Kier alpha value is -1.75. The van der Waals surface area contributed by atoms with Gasteiger partial charge < -0.3 is 16.4 Å². The van der Waals surface area contributed by atoms with Crippen LogP contribution in [-0.2, 0) is 6.54 Å². The zero-order valence-electron chi connectivity index (χ0n) is 19.8. The van der Waals surface area contributed by atoms with E-state index in [1.165, 1.54) is 43.9 Å². The Kier molecular flexibility index (Phi) is 11.0. The van der Waals surface area contributed by atoms with Gasteiger partial charge in [-0.15, -0.1) is 0 Å². The number of aromatic nitrogens is 1. The highest BCUT2D eigenvalue weighted by molar-refractivity contribution is 7.97. The molecule has 0 amide bonds. The second-order valence-corrected chi connectivity index (χ2v) is 10.8. The second kappa shape index (κ2) is 13.2. The Morgan fingerprint density at radius 2 is 1.91 bits per heavy atom. The van der Waals surface area contributed by atoms with E-state index in [1.54, 1.807) is 19.0 Å². The number of hydrogen-bond donors (Lipinski definition) is 3. The van der Waals surface area contributed by atoms with Crippen LogP contribution in [0.3, 0.4) is 0 Å². The second-order valence-electron chi connectivity index (χ2n) is 8.89. The van der Waals surface area contributed by atoms with E-state index in [9.17, 15) is 13.6 Å². The molecular formula is C23H35F2N5OS2. The van der Waals surface area contributed by atoms with Crippen molar-refractivity contribution in [2.24, 2.45) is 5.92 Å². The number of hydrogen-bond acceptors (Lipinski definition) is 8. The Morgan fingerprint density at radius 1 is 1.24 bits per heavy atom. The molecule has 3 rings (SSSR count). The standard InChI is InChI=1S/C13H14F2N4OS.C10H21NS/c1-19(2)5-6-3-4-7(14)8(9(6)15)10(20)11-12(16)18-13(17)21-11;1-9(2)8-12-11-10-6-4-3-5-7-10/h3-4H,5,16H2,1-2H3,(H2,17,18);9-11H,3-8H2,1-2H3. The lowest BCUT2D eigenvalue weighted by Crippen LogP contribution is -2.26. The minimum atomic E-state index is -0.939. The predicted molar refractivity (Wildman–Crippen MR) is 135 cm³/mol. The number of rotatable bonds is 8. The van der Waals surface area contributed by atoms with E-state index in [0.717, 1.165) is 29.4 Å². The van der Waals surface area contributed by atoms with Crippen LogP contribution in [0.25, 0.3) is 0 Å². The van der Waals surface area contributed by atoms with Crippen molar-refractivity contribution in [1.82, 2.24) is 14.6 Å². The fourth-order valence-electron chi connectivity index (χ4n) is 3.45. The molecule has 1 aromatic heterocycles. The van der Waals surface area contributed by atoms with Gasteiger partial charge in [0.25, 0.3) is 0 Å². The van der Waals surface area contributed by atoms with E-state index >= 15 is 0 Å². The lowest BCUT2D eigenvalue weighted by Gasteiger charge is -2.22. The van der Waals surface area contributed by atoms with Crippen molar-refractivity contribution in [3.8, 4) is 0 Å². The highest BCUT2D eigenvalue weighted by Gasteiger charge is 2.25. The van der Waals surface area contributed by atoms with E-state index < -0.39 is 23.0 Å². The number of benzene rings is 1. The van der Waals surface area contributed by atoms with Gasteiger partial charge in [-0.3, -0.25) is 9.52 Å². The van der Waals surface area contributed by atoms with Gasteiger partial charge in [0.2, 0.25) is 5.78 Å². The number of carbonyl (C=O) groups is 1. The lowest BCUT2D eigenvalue weighted by atomic mass is 9.96. The van der Waals surface area contributed by atoms with Crippen LogP contribution in [0.2, 0.25) is 0 Å². The summed E-state index contributed by atoms with van der Waals surface area (Å²) in [6.45, 7) is 4.79. The van der Waals surface area contributed by atoms with Gasteiger partial charge in [-0.25, -0.2) is 13.8 Å². The first kappa shape index (κ1) is 27.5. The molecule has 1 aliphatic carbocycles. The maximum atomic E-state index is 14.4. The molecule has 0 saturated heterocycles. The highest BCUT2D eigenvalue weighted by atomic mass is 32.2. The number of anilines is 2. The van der Waals surface area contributed by atoms with Crippen LogP contribution in [0.15, 0.2) is 12.1 Å². The molecule has 1 heterocycles. The smallest absolute Gasteiger partial charge is 0.212 e. The van der Waals surface area contributed by atoms with Gasteiger partial charge in [-0.05, 0) is 38.9 Å². The van der Waals surface area contributed by atoms with Crippen molar-refractivity contribution in [2.45, 2.75) is 58.5 Å². The van der Waals surface area contributed by atoms with Crippen LogP contribution in [0.4, 0.5) is 19.7 Å². The van der Waals surface area contributed by atoms with Crippen molar-refractivity contribution in [3.05, 3.63) is 39.8 Å². The molecule has 1 aromatic carbocycles. The molecule has 1 saturated carbocycles. The minimum absolute atomic E-state index is 0.0627. The fourth-order valence-corrected chi connectivity index (χ4v) is 5.04. The van der Waals surface area contributed by atoms with Crippen LogP contribution >= 0.6 is 23.3 Å². The van der Waals surface area contributed by atoms with E-state index in [-0.39, 0.29) is 27.9 Å². The van der Waals surface area contributed by atoms with Crippen molar-refractivity contribution < 1.29 is 13.6 Å². The average Bonchev–Trinajstić information content (AvgIpc) is 3.09. The molecule has 33 heavy (non-hydrogen) atoms. The van der Waals surface area contributed by atoms with Gasteiger partial charge in [0.05, 0.1) is 5.56 Å². The van der Waals surface area contributed by atoms with Crippen LogP contribution in [0, 0.1) is 17.6 Å². The maximum Gasteiger partial charge on any atom is 0.212 e. The average molecular weight is 500 g/mol. The first-order valence-electron chi connectivity index (χ1n) is 11.2. The normalized spacial score (nSPS) is 14.4. The molecular weight excluding hydrogens is 464 g/mol. The first-order valence-corrected chi connectivity index (χ1v) is 13.0. The largest absolute Gasteiger partial charge is 0.382 e. The Labute approximate surface area is 203 Å². The Morgan fingerprint density at radius 3 is 2.45 bits per heavy atom. The molecule has 184 valence electrons. The molecule has 2 aromatic rings. The third-order valence-electron chi connectivity index (χ3n) is 5.03. The number of ketones is 1. The summed E-state index contributed by atoms with van der Waals surface area (Å²) in [5.74, 6) is -0.745. The zero-order chi connectivity index (χ0) is 24.5. The van der Waals surface area contributed by atoms with E-state index in [0.29, 0.717) is 0 Å².